The van der Waals surface area contributed by atoms with E-state index in [-0.39, 0.29) is 12.2 Å². The average Bonchev–Trinajstić information content (AvgIpc) is 2.83. The summed E-state index contributed by atoms with van der Waals surface area (Å²) in [6.45, 7) is 2.05. The molecule has 3 heteroatoms. The van der Waals surface area contributed by atoms with E-state index in [1.54, 1.807) is 0 Å². The van der Waals surface area contributed by atoms with Crippen LogP contribution in [0.4, 0.5) is 0 Å². The maximum absolute atomic E-state index is 10.2. The molecule has 1 saturated heterocycles. The molecule has 2 aliphatic heterocycles. The molecule has 0 aliphatic carbocycles. The first-order chi connectivity index (χ1) is 8.24. The molecule has 0 aromatic heterocycles. The Labute approximate surface area is 106 Å². The fourth-order valence-corrected chi connectivity index (χ4v) is 4.05. The number of rotatable bonds is 1. The zero-order chi connectivity index (χ0) is 11.8. The number of hydrogen-bond donors (Lipinski definition) is 1. The molecular weight excluding hydrogens is 232 g/mol. The summed E-state index contributed by atoms with van der Waals surface area (Å²) in [4.78, 5) is 0. The summed E-state index contributed by atoms with van der Waals surface area (Å²) in [6, 6.07) is 6.10. The highest BCUT2D eigenvalue weighted by Crippen LogP contribution is 2.40. The van der Waals surface area contributed by atoms with Crippen LogP contribution >= 0.6 is 11.8 Å². The number of benzene rings is 1. The lowest BCUT2D eigenvalue weighted by Crippen LogP contribution is -2.32. The van der Waals surface area contributed by atoms with E-state index in [1.165, 1.54) is 23.5 Å². The van der Waals surface area contributed by atoms with Gasteiger partial charge in [0.15, 0.2) is 0 Å². The Morgan fingerprint density at radius 2 is 2.29 bits per heavy atom. The summed E-state index contributed by atoms with van der Waals surface area (Å²) in [6.07, 6.45) is 1.83. The second-order valence-corrected chi connectivity index (χ2v) is 6.22. The highest BCUT2D eigenvalue weighted by atomic mass is 32.2. The third kappa shape index (κ3) is 2.18. The van der Waals surface area contributed by atoms with E-state index in [2.05, 4.69) is 6.07 Å². The van der Waals surface area contributed by atoms with Gasteiger partial charge in [0.25, 0.3) is 0 Å². The van der Waals surface area contributed by atoms with Crippen LogP contribution in [-0.2, 0) is 0 Å². The van der Waals surface area contributed by atoms with Crippen LogP contribution in [0, 0.1) is 12.8 Å². The summed E-state index contributed by atoms with van der Waals surface area (Å²) in [5, 5.41) is 10.2. The van der Waals surface area contributed by atoms with Gasteiger partial charge in [-0.2, -0.15) is 11.8 Å². The Morgan fingerprint density at radius 1 is 1.41 bits per heavy atom. The third-order valence-electron chi connectivity index (χ3n) is 3.75. The van der Waals surface area contributed by atoms with Crippen molar-refractivity contribution in [3.63, 3.8) is 0 Å². The van der Waals surface area contributed by atoms with Crippen molar-refractivity contribution in [3.8, 4) is 5.75 Å². The predicted molar refractivity (Wildman–Crippen MR) is 70.6 cm³/mol. The van der Waals surface area contributed by atoms with Crippen molar-refractivity contribution in [2.24, 2.45) is 5.92 Å². The highest BCUT2D eigenvalue weighted by Gasteiger charge is 2.34. The average molecular weight is 250 g/mol. The minimum absolute atomic E-state index is 0.204. The Kier molecular flexibility index (Phi) is 3.05. The van der Waals surface area contributed by atoms with Crippen LogP contribution in [-0.4, -0.2) is 22.7 Å². The number of aliphatic hydroxyl groups is 1. The van der Waals surface area contributed by atoms with E-state index in [0.29, 0.717) is 5.92 Å². The molecule has 0 radical (unpaired) electrons. The molecule has 2 aliphatic rings. The van der Waals surface area contributed by atoms with E-state index in [1.807, 2.05) is 30.8 Å². The van der Waals surface area contributed by atoms with Crippen LogP contribution in [0.3, 0.4) is 0 Å². The van der Waals surface area contributed by atoms with Crippen LogP contribution in [0.25, 0.3) is 0 Å². The van der Waals surface area contributed by atoms with E-state index in [4.69, 9.17) is 4.74 Å². The maximum atomic E-state index is 10.2. The lowest BCUT2D eigenvalue weighted by Gasteiger charge is -2.33. The fourth-order valence-electron chi connectivity index (χ4n) is 2.73. The molecule has 1 N–H and O–H groups in total. The number of aryl methyl sites for hydroxylation is 1. The highest BCUT2D eigenvalue weighted by molar-refractivity contribution is 7.99. The smallest absolute Gasteiger partial charge is 0.125 e. The number of fused-ring (bicyclic) bond motifs is 1. The summed E-state index contributed by atoms with van der Waals surface area (Å²) in [5.41, 5.74) is 2.15. The molecule has 0 bridgehead atoms. The van der Waals surface area contributed by atoms with Crippen LogP contribution in [0.15, 0.2) is 18.2 Å². The first-order valence-electron chi connectivity index (χ1n) is 6.27. The van der Waals surface area contributed by atoms with E-state index >= 15 is 0 Å². The van der Waals surface area contributed by atoms with Gasteiger partial charge < -0.3 is 9.84 Å². The summed E-state index contributed by atoms with van der Waals surface area (Å²) in [7, 11) is 0. The summed E-state index contributed by atoms with van der Waals surface area (Å²) >= 11 is 2.00. The third-order valence-corrected chi connectivity index (χ3v) is 4.94. The van der Waals surface area contributed by atoms with Crippen LogP contribution in [0.5, 0.6) is 5.75 Å². The Morgan fingerprint density at radius 3 is 3.06 bits per heavy atom. The van der Waals surface area contributed by atoms with E-state index in [0.717, 1.165) is 17.7 Å². The van der Waals surface area contributed by atoms with Gasteiger partial charge in [0.05, 0.1) is 6.10 Å². The van der Waals surface area contributed by atoms with Crippen LogP contribution < -0.4 is 4.74 Å². The number of ether oxygens (including phenoxy) is 1. The topological polar surface area (TPSA) is 29.5 Å². The molecule has 17 heavy (non-hydrogen) atoms. The zero-order valence-corrected chi connectivity index (χ0v) is 10.9. The molecule has 1 aromatic rings. The predicted octanol–water partition coefficient (Wildman–Crippen LogP) is 2.93. The molecule has 2 nitrogen and oxygen atoms in total. The van der Waals surface area contributed by atoms with Gasteiger partial charge in [-0.1, -0.05) is 11.6 Å². The van der Waals surface area contributed by atoms with Crippen LogP contribution in [0.1, 0.15) is 30.1 Å². The van der Waals surface area contributed by atoms with Gasteiger partial charge in [-0.25, -0.2) is 0 Å². The quantitative estimate of drug-likeness (QED) is 0.831. The summed E-state index contributed by atoms with van der Waals surface area (Å²) < 4.78 is 6.07. The minimum Gasteiger partial charge on any atom is -0.490 e. The van der Waals surface area contributed by atoms with Crippen LogP contribution in [0.2, 0.25) is 0 Å². The molecule has 2 heterocycles. The molecule has 92 valence electrons. The van der Waals surface area contributed by atoms with Crippen molar-refractivity contribution in [1.82, 2.24) is 0 Å². The SMILES string of the molecule is Cc1ccc2c(c1)[C@@H](O)CC(C1CCSC1)O2. The van der Waals surface area contributed by atoms with E-state index in [9.17, 15) is 5.11 Å². The molecule has 0 saturated carbocycles. The van der Waals surface area contributed by atoms with Gasteiger partial charge in [-0.15, -0.1) is 0 Å². The first kappa shape index (κ1) is 11.4. The largest absolute Gasteiger partial charge is 0.490 e. The second-order valence-electron chi connectivity index (χ2n) is 5.07. The number of hydrogen-bond acceptors (Lipinski definition) is 3. The lowest BCUT2D eigenvalue weighted by molar-refractivity contribution is 0.0402. The second kappa shape index (κ2) is 4.54. The molecular formula is C14H18O2S. The molecule has 3 rings (SSSR count). The Hall–Kier alpha value is -0.670. The molecule has 2 unspecified atom stereocenters. The Balaban J connectivity index is 1.84. The van der Waals surface area contributed by atoms with Crippen molar-refractivity contribution in [2.45, 2.75) is 32.0 Å². The van der Waals surface area contributed by atoms with Crippen molar-refractivity contribution >= 4 is 11.8 Å². The number of thioether (sulfide) groups is 1. The number of aliphatic hydroxyl groups excluding tert-OH is 1. The van der Waals surface area contributed by atoms with Gasteiger partial charge in [-0.3, -0.25) is 0 Å². The van der Waals surface area contributed by atoms with Crippen molar-refractivity contribution in [2.75, 3.05) is 11.5 Å². The van der Waals surface area contributed by atoms with Gasteiger partial charge in [0.1, 0.15) is 11.9 Å². The minimum atomic E-state index is -0.353. The molecule has 3 atom stereocenters. The Bertz CT molecular complexity index is 413. The van der Waals surface area contributed by atoms with Crippen molar-refractivity contribution < 1.29 is 9.84 Å². The zero-order valence-electron chi connectivity index (χ0n) is 10.1. The van der Waals surface area contributed by atoms with Crippen molar-refractivity contribution in [3.05, 3.63) is 29.3 Å². The van der Waals surface area contributed by atoms with Gasteiger partial charge in [0.2, 0.25) is 0 Å². The normalized spacial score (nSPS) is 32.0. The summed E-state index contributed by atoms with van der Waals surface area (Å²) in [5.74, 6) is 3.92. The lowest BCUT2D eigenvalue weighted by atomic mass is 9.90. The first-order valence-corrected chi connectivity index (χ1v) is 7.42. The van der Waals surface area contributed by atoms with Gasteiger partial charge >= 0.3 is 0 Å². The van der Waals surface area contributed by atoms with Gasteiger partial charge in [0, 0.05) is 17.9 Å². The van der Waals surface area contributed by atoms with Gasteiger partial charge in [-0.05, 0) is 37.0 Å². The molecule has 0 amide bonds. The fraction of sp³-hybridized carbons (Fsp3) is 0.571. The maximum Gasteiger partial charge on any atom is 0.125 e. The van der Waals surface area contributed by atoms with Crippen molar-refractivity contribution in [1.29, 1.82) is 0 Å². The molecule has 0 spiro atoms. The van der Waals surface area contributed by atoms with E-state index < -0.39 is 0 Å². The molecule has 1 aromatic carbocycles. The molecule has 1 fully saturated rings. The standard InChI is InChI=1S/C14H18O2S/c1-9-2-3-13-11(6-9)12(15)7-14(16-13)10-4-5-17-8-10/h2-3,6,10,12,14-15H,4-5,7-8H2,1H3/t10?,12-,14?/m0/s1. The monoisotopic (exact) mass is 250 g/mol.